The third-order valence-corrected chi connectivity index (χ3v) is 2.95. The second kappa shape index (κ2) is 3.64. The maximum atomic E-state index is 10.9. The molecule has 0 radical (unpaired) electrons. The van der Waals surface area contributed by atoms with Crippen molar-refractivity contribution in [2.45, 2.75) is 39.4 Å². The second-order valence-electron chi connectivity index (χ2n) is 3.96. The monoisotopic (exact) mass is 190 g/mol. The van der Waals surface area contributed by atoms with Gasteiger partial charge in [-0.15, -0.1) is 0 Å². The van der Waals surface area contributed by atoms with Crippen LogP contribution in [0.25, 0.3) is 0 Å². The number of ether oxygens (including phenoxy) is 1. The molecule has 0 rings (SSSR count). The first kappa shape index (κ1) is 12.4. The van der Waals surface area contributed by atoms with E-state index < -0.39 is 23.1 Å². The average Bonchev–Trinajstić information content (AvgIpc) is 2.02. The van der Waals surface area contributed by atoms with Crippen molar-refractivity contribution >= 4 is 5.97 Å². The Balaban J connectivity index is 4.90. The number of hydrogen-bond donors (Lipinski definition) is 2. The predicted octanol–water partition coefficient (Wildman–Crippen LogP) is 0.883. The number of rotatable bonds is 4. The van der Waals surface area contributed by atoms with E-state index in [1.165, 1.54) is 27.9 Å². The molecule has 78 valence electrons. The number of hydrogen-bond acceptors (Lipinski definition) is 3. The zero-order chi connectivity index (χ0) is 10.9. The minimum Gasteiger partial charge on any atom is -0.481 e. The third-order valence-electron chi connectivity index (χ3n) is 2.95. The van der Waals surface area contributed by atoms with E-state index in [0.717, 1.165) is 0 Å². The second-order valence-corrected chi connectivity index (χ2v) is 3.96. The van der Waals surface area contributed by atoms with Gasteiger partial charge in [-0.05, 0) is 27.7 Å². The molecule has 0 spiro atoms. The average molecular weight is 190 g/mol. The molecule has 4 heteroatoms. The number of carboxylic acid groups (broad SMARTS) is 1. The molecule has 2 N–H and O–H groups in total. The van der Waals surface area contributed by atoms with Crippen LogP contribution in [0.1, 0.15) is 27.7 Å². The van der Waals surface area contributed by atoms with Gasteiger partial charge in [0.2, 0.25) is 0 Å². The van der Waals surface area contributed by atoms with E-state index in [9.17, 15) is 9.90 Å². The summed E-state index contributed by atoms with van der Waals surface area (Å²) in [6.07, 6.45) is -0.529. The van der Waals surface area contributed by atoms with Crippen LogP contribution in [0.5, 0.6) is 0 Å². The molecule has 0 aromatic heterocycles. The Kier molecular flexibility index (Phi) is 3.47. The molecule has 0 aromatic rings. The van der Waals surface area contributed by atoms with E-state index in [-0.39, 0.29) is 0 Å². The molecule has 0 saturated heterocycles. The van der Waals surface area contributed by atoms with Crippen LogP contribution in [0.2, 0.25) is 0 Å². The topological polar surface area (TPSA) is 66.8 Å². The van der Waals surface area contributed by atoms with E-state index in [4.69, 9.17) is 9.84 Å². The minimum absolute atomic E-state index is 0.529. The highest BCUT2D eigenvalue weighted by Crippen LogP contribution is 2.34. The van der Waals surface area contributed by atoms with Crippen molar-refractivity contribution in [3.63, 3.8) is 0 Å². The van der Waals surface area contributed by atoms with Gasteiger partial charge < -0.3 is 14.9 Å². The largest absolute Gasteiger partial charge is 0.481 e. The van der Waals surface area contributed by atoms with Crippen molar-refractivity contribution in [2.75, 3.05) is 7.11 Å². The van der Waals surface area contributed by atoms with Crippen LogP contribution in [0.3, 0.4) is 0 Å². The summed E-state index contributed by atoms with van der Waals surface area (Å²) in [5, 5.41) is 18.9. The molecule has 0 aromatic carbocycles. The van der Waals surface area contributed by atoms with Gasteiger partial charge >= 0.3 is 5.97 Å². The first-order valence-electron chi connectivity index (χ1n) is 4.16. The highest BCUT2D eigenvalue weighted by molar-refractivity contribution is 5.75. The number of aliphatic carboxylic acids is 1. The summed E-state index contributed by atoms with van der Waals surface area (Å²) in [5.74, 6) is -1.04. The summed E-state index contributed by atoms with van der Waals surface area (Å²) in [6, 6.07) is 0. The van der Waals surface area contributed by atoms with Crippen LogP contribution in [-0.4, -0.2) is 35.0 Å². The molecule has 2 atom stereocenters. The maximum Gasteiger partial charge on any atom is 0.312 e. The Bertz CT molecular complexity index is 196. The highest BCUT2D eigenvalue weighted by Gasteiger charge is 2.49. The standard InChI is InChI=1S/C9H18O4/c1-6(13-5)9(4,12)8(2,3)7(10)11/h6,12H,1-5H3,(H,10,11). The van der Waals surface area contributed by atoms with Gasteiger partial charge in [0, 0.05) is 7.11 Å². The van der Waals surface area contributed by atoms with Gasteiger partial charge in [0.15, 0.2) is 0 Å². The molecule has 0 fully saturated rings. The van der Waals surface area contributed by atoms with Crippen molar-refractivity contribution in [3.8, 4) is 0 Å². The summed E-state index contributed by atoms with van der Waals surface area (Å²) < 4.78 is 4.94. The van der Waals surface area contributed by atoms with Gasteiger partial charge in [-0.3, -0.25) is 4.79 Å². The molecule has 0 aliphatic carbocycles. The summed E-state index contributed by atoms with van der Waals surface area (Å²) >= 11 is 0. The van der Waals surface area contributed by atoms with Gasteiger partial charge in [0.25, 0.3) is 0 Å². The van der Waals surface area contributed by atoms with Crippen LogP contribution in [0.15, 0.2) is 0 Å². The lowest BCUT2D eigenvalue weighted by Crippen LogP contribution is -2.54. The Morgan fingerprint density at radius 2 is 1.77 bits per heavy atom. The van der Waals surface area contributed by atoms with Crippen LogP contribution in [0, 0.1) is 5.41 Å². The molecule has 0 aliphatic heterocycles. The van der Waals surface area contributed by atoms with Crippen molar-refractivity contribution in [1.29, 1.82) is 0 Å². The first-order chi connectivity index (χ1) is 5.67. The summed E-state index contributed by atoms with van der Waals surface area (Å²) in [6.45, 7) is 6.07. The molecule has 0 saturated carbocycles. The number of methoxy groups -OCH3 is 1. The normalized spacial score (nSPS) is 19.2. The van der Waals surface area contributed by atoms with Crippen LogP contribution < -0.4 is 0 Å². The Morgan fingerprint density at radius 3 is 2.00 bits per heavy atom. The molecule has 0 bridgehead atoms. The molecule has 13 heavy (non-hydrogen) atoms. The van der Waals surface area contributed by atoms with E-state index in [0.29, 0.717) is 0 Å². The Morgan fingerprint density at radius 1 is 1.38 bits per heavy atom. The fourth-order valence-electron chi connectivity index (χ4n) is 0.954. The zero-order valence-electron chi connectivity index (χ0n) is 8.79. The SMILES string of the molecule is COC(C)C(C)(O)C(C)(C)C(=O)O. The van der Waals surface area contributed by atoms with E-state index >= 15 is 0 Å². The molecule has 0 heterocycles. The third kappa shape index (κ3) is 2.00. The molecule has 4 nitrogen and oxygen atoms in total. The molecule has 2 unspecified atom stereocenters. The van der Waals surface area contributed by atoms with Crippen molar-refractivity contribution in [2.24, 2.45) is 5.41 Å². The lowest BCUT2D eigenvalue weighted by molar-refractivity contribution is -0.180. The van der Waals surface area contributed by atoms with Gasteiger partial charge in [-0.25, -0.2) is 0 Å². The Labute approximate surface area is 78.5 Å². The summed E-state index contributed by atoms with van der Waals surface area (Å²) in [7, 11) is 1.44. The quantitative estimate of drug-likeness (QED) is 0.690. The smallest absolute Gasteiger partial charge is 0.312 e. The van der Waals surface area contributed by atoms with Crippen LogP contribution in [-0.2, 0) is 9.53 Å². The summed E-state index contributed by atoms with van der Waals surface area (Å²) in [4.78, 5) is 10.9. The van der Waals surface area contributed by atoms with Crippen molar-refractivity contribution in [1.82, 2.24) is 0 Å². The predicted molar refractivity (Wildman–Crippen MR) is 48.5 cm³/mol. The molecule has 0 amide bonds. The van der Waals surface area contributed by atoms with Crippen molar-refractivity contribution in [3.05, 3.63) is 0 Å². The summed E-state index contributed by atoms with van der Waals surface area (Å²) in [5.41, 5.74) is -2.63. The lowest BCUT2D eigenvalue weighted by atomic mass is 9.73. The highest BCUT2D eigenvalue weighted by atomic mass is 16.5. The fourth-order valence-corrected chi connectivity index (χ4v) is 0.954. The zero-order valence-corrected chi connectivity index (χ0v) is 8.79. The van der Waals surface area contributed by atoms with E-state index in [2.05, 4.69) is 0 Å². The van der Waals surface area contributed by atoms with E-state index in [1.807, 2.05) is 0 Å². The van der Waals surface area contributed by atoms with Crippen LogP contribution in [0.4, 0.5) is 0 Å². The molecular weight excluding hydrogens is 172 g/mol. The van der Waals surface area contributed by atoms with E-state index in [1.54, 1.807) is 6.92 Å². The molecular formula is C9H18O4. The van der Waals surface area contributed by atoms with Gasteiger partial charge in [0.05, 0.1) is 11.5 Å². The minimum atomic E-state index is -1.40. The van der Waals surface area contributed by atoms with Gasteiger partial charge in [-0.1, -0.05) is 0 Å². The number of carbonyl (C=O) groups is 1. The lowest BCUT2D eigenvalue weighted by Gasteiger charge is -2.40. The first-order valence-corrected chi connectivity index (χ1v) is 4.16. The maximum absolute atomic E-state index is 10.9. The van der Waals surface area contributed by atoms with Crippen molar-refractivity contribution < 1.29 is 19.7 Å². The van der Waals surface area contributed by atoms with Gasteiger partial charge in [0.1, 0.15) is 5.60 Å². The number of aliphatic hydroxyl groups is 1. The molecule has 0 aliphatic rings. The van der Waals surface area contributed by atoms with Gasteiger partial charge in [-0.2, -0.15) is 0 Å². The fraction of sp³-hybridized carbons (Fsp3) is 0.889. The Hall–Kier alpha value is -0.610. The number of carboxylic acids is 1. The van der Waals surface area contributed by atoms with Crippen LogP contribution >= 0.6 is 0 Å².